The molecule has 0 spiro atoms. The standard InChI is InChI=1S/C18H27FN2O2/c1-17(2,3)23-16(22)21-11-9-18(4,10-12-21)20-13-14-7-5-6-8-15(14)19/h5-8,20H,9-13H2,1-4H3. The van der Waals surface area contributed by atoms with Crippen molar-refractivity contribution in [2.24, 2.45) is 0 Å². The van der Waals surface area contributed by atoms with Crippen LogP contribution in [0.3, 0.4) is 0 Å². The van der Waals surface area contributed by atoms with Gasteiger partial charge in [0.1, 0.15) is 11.4 Å². The third-order valence-corrected chi connectivity index (χ3v) is 4.18. The van der Waals surface area contributed by atoms with E-state index in [9.17, 15) is 9.18 Å². The van der Waals surface area contributed by atoms with Gasteiger partial charge >= 0.3 is 6.09 Å². The Kier molecular flexibility index (Phi) is 5.30. The van der Waals surface area contributed by atoms with Gasteiger partial charge in [-0.15, -0.1) is 0 Å². The molecule has 1 amide bonds. The monoisotopic (exact) mass is 322 g/mol. The molecule has 5 heteroatoms. The van der Waals surface area contributed by atoms with Crippen LogP contribution < -0.4 is 5.32 Å². The molecule has 4 nitrogen and oxygen atoms in total. The number of benzene rings is 1. The van der Waals surface area contributed by atoms with Gasteiger partial charge in [-0.3, -0.25) is 0 Å². The minimum atomic E-state index is -0.471. The van der Waals surface area contributed by atoms with Crippen LogP contribution in [0.1, 0.15) is 46.1 Å². The molecule has 1 saturated heterocycles. The quantitative estimate of drug-likeness (QED) is 0.922. The smallest absolute Gasteiger partial charge is 0.410 e. The minimum absolute atomic E-state index is 0.0964. The summed E-state index contributed by atoms with van der Waals surface area (Å²) in [4.78, 5) is 13.8. The van der Waals surface area contributed by atoms with E-state index in [0.717, 1.165) is 12.8 Å². The van der Waals surface area contributed by atoms with Gasteiger partial charge < -0.3 is 15.0 Å². The number of likely N-dealkylation sites (tertiary alicyclic amines) is 1. The molecule has 0 saturated carbocycles. The minimum Gasteiger partial charge on any atom is -0.444 e. The highest BCUT2D eigenvalue weighted by Crippen LogP contribution is 2.24. The van der Waals surface area contributed by atoms with Crippen molar-refractivity contribution < 1.29 is 13.9 Å². The topological polar surface area (TPSA) is 41.6 Å². The van der Waals surface area contributed by atoms with Crippen molar-refractivity contribution >= 4 is 6.09 Å². The number of carbonyl (C=O) groups excluding carboxylic acids is 1. The van der Waals surface area contributed by atoms with Crippen molar-refractivity contribution in [2.75, 3.05) is 13.1 Å². The van der Waals surface area contributed by atoms with Crippen molar-refractivity contribution in [2.45, 2.75) is 58.2 Å². The molecular formula is C18H27FN2O2. The summed E-state index contributed by atoms with van der Waals surface area (Å²) in [6.07, 6.45) is 1.38. The van der Waals surface area contributed by atoms with E-state index < -0.39 is 5.60 Å². The van der Waals surface area contributed by atoms with Crippen molar-refractivity contribution in [3.8, 4) is 0 Å². The van der Waals surface area contributed by atoms with Crippen LogP contribution in [0.5, 0.6) is 0 Å². The first-order valence-corrected chi connectivity index (χ1v) is 8.15. The molecule has 0 unspecified atom stereocenters. The van der Waals surface area contributed by atoms with Gasteiger partial charge in [-0.1, -0.05) is 18.2 Å². The number of piperidine rings is 1. The van der Waals surface area contributed by atoms with Crippen LogP contribution in [0.4, 0.5) is 9.18 Å². The lowest BCUT2D eigenvalue weighted by Crippen LogP contribution is -2.53. The Balaban J connectivity index is 1.85. The van der Waals surface area contributed by atoms with Gasteiger partial charge in [-0.25, -0.2) is 9.18 Å². The summed E-state index contributed by atoms with van der Waals surface area (Å²) >= 11 is 0. The van der Waals surface area contributed by atoms with E-state index in [0.29, 0.717) is 25.2 Å². The molecule has 0 bridgehead atoms. The fraction of sp³-hybridized carbons (Fsp3) is 0.611. The first-order chi connectivity index (χ1) is 10.7. The summed E-state index contributed by atoms with van der Waals surface area (Å²) in [6.45, 7) is 9.53. The molecule has 0 aliphatic carbocycles. The fourth-order valence-electron chi connectivity index (χ4n) is 2.64. The lowest BCUT2D eigenvalue weighted by atomic mass is 9.89. The Hall–Kier alpha value is -1.62. The van der Waals surface area contributed by atoms with Gasteiger partial charge in [0.2, 0.25) is 0 Å². The largest absolute Gasteiger partial charge is 0.444 e. The molecule has 1 N–H and O–H groups in total. The lowest BCUT2D eigenvalue weighted by molar-refractivity contribution is 0.0156. The third kappa shape index (κ3) is 5.20. The molecule has 1 aliphatic rings. The zero-order valence-electron chi connectivity index (χ0n) is 14.5. The Bertz CT molecular complexity index is 546. The zero-order chi connectivity index (χ0) is 17.1. The number of nitrogens with zero attached hydrogens (tertiary/aromatic N) is 1. The van der Waals surface area contributed by atoms with Gasteiger partial charge in [-0.05, 0) is 46.6 Å². The van der Waals surface area contributed by atoms with Gasteiger partial charge in [0.05, 0.1) is 0 Å². The van der Waals surface area contributed by atoms with E-state index in [1.165, 1.54) is 6.07 Å². The van der Waals surface area contributed by atoms with Crippen molar-refractivity contribution in [1.82, 2.24) is 10.2 Å². The van der Waals surface area contributed by atoms with Gasteiger partial charge in [0, 0.05) is 30.7 Å². The van der Waals surface area contributed by atoms with Crippen LogP contribution in [-0.2, 0) is 11.3 Å². The van der Waals surface area contributed by atoms with E-state index in [4.69, 9.17) is 4.74 Å². The van der Waals surface area contributed by atoms with Crippen LogP contribution in [0.15, 0.2) is 24.3 Å². The highest BCUT2D eigenvalue weighted by molar-refractivity contribution is 5.68. The first kappa shape index (κ1) is 17.7. The first-order valence-electron chi connectivity index (χ1n) is 8.15. The maximum Gasteiger partial charge on any atom is 0.410 e. The van der Waals surface area contributed by atoms with Crippen molar-refractivity contribution in [3.63, 3.8) is 0 Å². The van der Waals surface area contributed by atoms with Crippen LogP contribution in [-0.4, -0.2) is 35.2 Å². The number of hydrogen-bond acceptors (Lipinski definition) is 3. The fourth-order valence-corrected chi connectivity index (χ4v) is 2.64. The zero-order valence-corrected chi connectivity index (χ0v) is 14.5. The maximum atomic E-state index is 13.7. The van der Waals surface area contributed by atoms with E-state index in [2.05, 4.69) is 12.2 Å². The predicted molar refractivity (Wildman–Crippen MR) is 88.7 cm³/mol. The van der Waals surface area contributed by atoms with Crippen LogP contribution in [0.25, 0.3) is 0 Å². The van der Waals surface area contributed by atoms with Crippen LogP contribution in [0.2, 0.25) is 0 Å². The number of halogens is 1. The molecule has 128 valence electrons. The SMILES string of the molecule is CC1(NCc2ccccc2F)CCN(C(=O)OC(C)(C)C)CC1. The summed E-state index contributed by atoms with van der Waals surface area (Å²) in [7, 11) is 0. The van der Waals surface area contributed by atoms with Crippen LogP contribution >= 0.6 is 0 Å². The highest BCUT2D eigenvalue weighted by Gasteiger charge is 2.33. The summed E-state index contributed by atoms with van der Waals surface area (Å²) in [5, 5.41) is 3.44. The summed E-state index contributed by atoms with van der Waals surface area (Å²) < 4.78 is 19.1. The molecule has 0 radical (unpaired) electrons. The Labute approximate surface area is 138 Å². The van der Waals surface area contributed by atoms with Crippen LogP contribution in [0, 0.1) is 5.82 Å². The van der Waals surface area contributed by atoms with Gasteiger partial charge in [-0.2, -0.15) is 0 Å². The Morgan fingerprint density at radius 2 is 1.91 bits per heavy atom. The molecule has 1 aromatic carbocycles. The second-order valence-corrected chi connectivity index (χ2v) is 7.47. The third-order valence-electron chi connectivity index (χ3n) is 4.18. The molecule has 23 heavy (non-hydrogen) atoms. The number of carbonyl (C=O) groups is 1. The average Bonchev–Trinajstić information content (AvgIpc) is 2.45. The normalized spacial score (nSPS) is 17.9. The molecule has 1 fully saturated rings. The summed E-state index contributed by atoms with van der Waals surface area (Å²) in [6, 6.07) is 6.80. The van der Waals surface area contributed by atoms with E-state index in [1.54, 1.807) is 17.0 Å². The second-order valence-electron chi connectivity index (χ2n) is 7.47. The maximum absolute atomic E-state index is 13.7. The Morgan fingerprint density at radius 1 is 1.30 bits per heavy atom. The van der Waals surface area contributed by atoms with Gasteiger partial charge in [0.25, 0.3) is 0 Å². The molecule has 1 aliphatic heterocycles. The molecule has 1 heterocycles. The van der Waals surface area contributed by atoms with Crippen molar-refractivity contribution in [1.29, 1.82) is 0 Å². The number of nitrogens with one attached hydrogen (secondary N) is 1. The second kappa shape index (κ2) is 6.87. The highest BCUT2D eigenvalue weighted by atomic mass is 19.1. The average molecular weight is 322 g/mol. The predicted octanol–water partition coefficient (Wildman–Crippen LogP) is 3.70. The van der Waals surface area contributed by atoms with Gasteiger partial charge in [0.15, 0.2) is 0 Å². The van der Waals surface area contributed by atoms with Crippen molar-refractivity contribution in [3.05, 3.63) is 35.6 Å². The lowest BCUT2D eigenvalue weighted by Gasteiger charge is -2.40. The molecule has 0 atom stereocenters. The summed E-state index contributed by atoms with van der Waals surface area (Å²) in [5.41, 5.74) is 0.102. The van der Waals surface area contributed by atoms with E-state index in [-0.39, 0.29) is 17.4 Å². The molecule has 2 rings (SSSR count). The van der Waals surface area contributed by atoms with E-state index in [1.807, 2.05) is 26.8 Å². The number of hydrogen-bond donors (Lipinski definition) is 1. The molecule has 1 aromatic rings. The molecule has 0 aromatic heterocycles. The number of rotatable bonds is 3. The van der Waals surface area contributed by atoms with E-state index >= 15 is 0 Å². The number of ether oxygens (including phenoxy) is 1. The number of amides is 1. The molecular weight excluding hydrogens is 295 g/mol. The summed E-state index contributed by atoms with van der Waals surface area (Å²) in [5.74, 6) is -0.185. The Morgan fingerprint density at radius 3 is 2.48 bits per heavy atom.